The van der Waals surface area contributed by atoms with E-state index in [1.807, 2.05) is 0 Å². The van der Waals surface area contributed by atoms with Gasteiger partial charge in [-0.2, -0.15) is 0 Å². The maximum Gasteiger partial charge on any atom is 0.122 e. The Balaban J connectivity index is 2.96. The zero-order chi connectivity index (χ0) is 13.6. The molecule has 0 aromatic heterocycles. The molecule has 102 valence electrons. The number of nitrogens with two attached hydrogens (primary N) is 1. The van der Waals surface area contributed by atoms with Crippen molar-refractivity contribution in [3.05, 3.63) is 29.3 Å². The predicted molar refractivity (Wildman–Crippen MR) is 78.3 cm³/mol. The van der Waals surface area contributed by atoms with Gasteiger partial charge in [-0.25, -0.2) is 0 Å². The minimum atomic E-state index is 0.181. The Morgan fingerprint density at radius 1 is 1.22 bits per heavy atom. The van der Waals surface area contributed by atoms with E-state index < -0.39 is 0 Å². The van der Waals surface area contributed by atoms with Gasteiger partial charge in [-0.15, -0.1) is 0 Å². The second-order valence-electron chi connectivity index (χ2n) is 5.81. The van der Waals surface area contributed by atoms with Crippen LogP contribution in [0.2, 0.25) is 0 Å². The Morgan fingerprint density at radius 2 is 1.94 bits per heavy atom. The summed E-state index contributed by atoms with van der Waals surface area (Å²) in [5, 5.41) is 0. The van der Waals surface area contributed by atoms with Crippen LogP contribution in [-0.4, -0.2) is 13.2 Å². The molecule has 0 unspecified atom stereocenters. The van der Waals surface area contributed by atoms with Crippen molar-refractivity contribution in [3.63, 3.8) is 0 Å². The van der Waals surface area contributed by atoms with Crippen molar-refractivity contribution in [1.82, 2.24) is 0 Å². The van der Waals surface area contributed by atoms with Crippen LogP contribution in [0.5, 0.6) is 5.75 Å². The number of benzene rings is 1. The Morgan fingerprint density at radius 3 is 2.50 bits per heavy atom. The fraction of sp³-hybridized carbons (Fsp3) is 0.625. The van der Waals surface area contributed by atoms with Crippen molar-refractivity contribution in [1.29, 1.82) is 0 Å². The van der Waals surface area contributed by atoms with E-state index in [9.17, 15) is 0 Å². The molecule has 0 radical (unpaired) electrons. The lowest BCUT2D eigenvalue weighted by molar-refractivity contribution is 0.313. The third-order valence-corrected chi connectivity index (χ3v) is 3.04. The lowest BCUT2D eigenvalue weighted by Crippen LogP contribution is -2.12. The zero-order valence-electron chi connectivity index (χ0n) is 12.3. The van der Waals surface area contributed by atoms with E-state index in [1.165, 1.54) is 11.1 Å². The molecular formula is C16H27NO. The predicted octanol–water partition coefficient (Wildman–Crippen LogP) is 3.66. The zero-order valence-corrected chi connectivity index (χ0v) is 12.3. The summed E-state index contributed by atoms with van der Waals surface area (Å²) in [5.41, 5.74) is 8.44. The van der Waals surface area contributed by atoms with Crippen LogP contribution in [0.25, 0.3) is 0 Å². The normalized spacial score (nSPS) is 11.6. The van der Waals surface area contributed by atoms with E-state index in [0.717, 1.165) is 38.2 Å². The Bertz CT molecular complexity index is 366. The lowest BCUT2D eigenvalue weighted by atomic mass is 9.85. The average molecular weight is 249 g/mol. The monoisotopic (exact) mass is 249 g/mol. The van der Waals surface area contributed by atoms with Crippen LogP contribution in [0.1, 0.15) is 51.7 Å². The smallest absolute Gasteiger partial charge is 0.122 e. The first-order valence-electron chi connectivity index (χ1n) is 6.95. The van der Waals surface area contributed by atoms with E-state index in [4.69, 9.17) is 10.5 Å². The summed E-state index contributed by atoms with van der Waals surface area (Å²) in [5.74, 6) is 1.03. The SMILES string of the molecule is CCCOc1ccc(C(C)(C)C)cc1CCCN. The first kappa shape index (κ1) is 15.0. The Kier molecular flexibility index (Phi) is 5.67. The molecule has 2 N–H and O–H groups in total. The topological polar surface area (TPSA) is 35.2 Å². The second kappa shape index (κ2) is 6.79. The summed E-state index contributed by atoms with van der Waals surface area (Å²) in [6.45, 7) is 10.4. The van der Waals surface area contributed by atoms with Crippen LogP contribution in [0.3, 0.4) is 0 Å². The summed E-state index contributed by atoms with van der Waals surface area (Å²) >= 11 is 0. The van der Waals surface area contributed by atoms with Crippen molar-refractivity contribution in [2.24, 2.45) is 5.73 Å². The molecule has 1 rings (SSSR count). The van der Waals surface area contributed by atoms with Gasteiger partial charge in [-0.3, -0.25) is 0 Å². The molecule has 0 aliphatic carbocycles. The molecule has 18 heavy (non-hydrogen) atoms. The molecule has 0 aliphatic heterocycles. The van der Waals surface area contributed by atoms with Crippen LogP contribution in [0.15, 0.2) is 18.2 Å². The number of aryl methyl sites for hydroxylation is 1. The third-order valence-electron chi connectivity index (χ3n) is 3.04. The van der Waals surface area contributed by atoms with Crippen LogP contribution in [0, 0.1) is 0 Å². The molecule has 0 saturated carbocycles. The Hall–Kier alpha value is -1.02. The average Bonchev–Trinajstić information content (AvgIpc) is 2.33. The van der Waals surface area contributed by atoms with E-state index in [-0.39, 0.29) is 5.41 Å². The van der Waals surface area contributed by atoms with Gasteiger partial charge in [0.05, 0.1) is 6.61 Å². The molecule has 0 heterocycles. The molecule has 0 atom stereocenters. The lowest BCUT2D eigenvalue weighted by Gasteiger charge is -2.21. The van der Waals surface area contributed by atoms with E-state index in [1.54, 1.807) is 0 Å². The quantitative estimate of drug-likeness (QED) is 0.835. The van der Waals surface area contributed by atoms with Gasteiger partial charge in [0.25, 0.3) is 0 Å². The van der Waals surface area contributed by atoms with Crippen molar-refractivity contribution in [3.8, 4) is 5.75 Å². The molecule has 1 aromatic carbocycles. The molecular weight excluding hydrogens is 222 g/mol. The van der Waals surface area contributed by atoms with Gasteiger partial charge in [-0.05, 0) is 48.4 Å². The highest BCUT2D eigenvalue weighted by Gasteiger charge is 2.15. The van der Waals surface area contributed by atoms with E-state index in [2.05, 4.69) is 45.9 Å². The van der Waals surface area contributed by atoms with Gasteiger partial charge in [0, 0.05) is 0 Å². The Labute approximate surface area is 112 Å². The minimum Gasteiger partial charge on any atom is -0.493 e. The molecule has 0 fully saturated rings. The van der Waals surface area contributed by atoms with Crippen LogP contribution in [0.4, 0.5) is 0 Å². The molecule has 0 aliphatic rings. The van der Waals surface area contributed by atoms with Gasteiger partial charge in [0.15, 0.2) is 0 Å². The first-order chi connectivity index (χ1) is 8.49. The van der Waals surface area contributed by atoms with Crippen LogP contribution < -0.4 is 10.5 Å². The highest BCUT2D eigenvalue weighted by Crippen LogP contribution is 2.28. The molecule has 0 spiro atoms. The van der Waals surface area contributed by atoms with Gasteiger partial charge < -0.3 is 10.5 Å². The summed E-state index contributed by atoms with van der Waals surface area (Å²) in [6.07, 6.45) is 3.05. The summed E-state index contributed by atoms with van der Waals surface area (Å²) < 4.78 is 5.81. The number of hydrogen-bond donors (Lipinski definition) is 1. The molecule has 2 nitrogen and oxygen atoms in total. The van der Waals surface area contributed by atoms with Crippen LogP contribution >= 0.6 is 0 Å². The van der Waals surface area contributed by atoms with Crippen molar-refractivity contribution in [2.75, 3.05) is 13.2 Å². The standard InChI is InChI=1S/C16H27NO/c1-5-11-18-15-9-8-14(16(2,3)4)12-13(15)7-6-10-17/h8-9,12H,5-7,10-11,17H2,1-4H3. The van der Waals surface area contributed by atoms with Crippen molar-refractivity contribution >= 4 is 0 Å². The van der Waals surface area contributed by atoms with E-state index in [0.29, 0.717) is 0 Å². The molecule has 2 heteroatoms. The van der Waals surface area contributed by atoms with Crippen molar-refractivity contribution in [2.45, 2.75) is 52.4 Å². The summed E-state index contributed by atoms with van der Waals surface area (Å²) in [6, 6.07) is 6.57. The van der Waals surface area contributed by atoms with Gasteiger partial charge in [-0.1, -0.05) is 39.8 Å². The van der Waals surface area contributed by atoms with Crippen molar-refractivity contribution < 1.29 is 4.74 Å². The first-order valence-corrected chi connectivity index (χ1v) is 6.95. The number of rotatable bonds is 6. The highest BCUT2D eigenvalue weighted by molar-refractivity contribution is 5.39. The number of ether oxygens (including phenoxy) is 1. The number of hydrogen-bond acceptors (Lipinski definition) is 2. The van der Waals surface area contributed by atoms with Gasteiger partial charge >= 0.3 is 0 Å². The largest absolute Gasteiger partial charge is 0.493 e. The third kappa shape index (κ3) is 4.34. The van der Waals surface area contributed by atoms with Gasteiger partial charge in [0.1, 0.15) is 5.75 Å². The fourth-order valence-corrected chi connectivity index (χ4v) is 1.89. The molecule has 0 amide bonds. The van der Waals surface area contributed by atoms with Crippen LogP contribution in [-0.2, 0) is 11.8 Å². The highest BCUT2D eigenvalue weighted by atomic mass is 16.5. The molecule has 0 saturated heterocycles. The van der Waals surface area contributed by atoms with E-state index >= 15 is 0 Å². The van der Waals surface area contributed by atoms with Gasteiger partial charge in [0.2, 0.25) is 0 Å². The minimum absolute atomic E-state index is 0.181. The molecule has 0 bridgehead atoms. The summed E-state index contributed by atoms with van der Waals surface area (Å²) in [7, 11) is 0. The second-order valence-corrected chi connectivity index (χ2v) is 5.81. The summed E-state index contributed by atoms with van der Waals surface area (Å²) in [4.78, 5) is 0. The maximum absolute atomic E-state index is 5.81. The molecule has 1 aromatic rings. The maximum atomic E-state index is 5.81. The fourth-order valence-electron chi connectivity index (χ4n) is 1.89.